The molecule has 0 atom stereocenters. The second kappa shape index (κ2) is 5.61. The topological polar surface area (TPSA) is 26.3 Å². The SMILES string of the molecule is COc1cc(-c2ccc(C(F)F)cc2)ccc1C=O. The Kier molecular flexibility index (Phi) is 3.90. The number of halogens is 2. The lowest BCUT2D eigenvalue weighted by molar-refractivity contribution is 0.112. The maximum atomic E-state index is 12.5. The summed E-state index contributed by atoms with van der Waals surface area (Å²) < 4.78 is 30.0. The van der Waals surface area contributed by atoms with Crippen LogP contribution in [0.5, 0.6) is 5.75 Å². The van der Waals surface area contributed by atoms with Crippen molar-refractivity contribution in [1.29, 1.82) is 0 Å². The number of alkyl halides is 2. The van der Waals surface area contributed by atoms with E-state index < -0.39 is 6.43 Å². The third-order valence-corrected chi connectivity index (χ3v) is 2.86. The number of hydrogen-bond acceptors (Lipinski definition) is 2. The first kappa shape index (κ1) is 13.2. The lowest BCUT2D eigenvalue weighted by Crippen LogP contribution is -1.91. The Morgan fingerprint density at radius 3 is 2.21 bits per heavy atom. The zero-order valence-electron chi connectivity index (χ0n) is 10.3. The predicted molar refractivity (Wildman–Crippen MR) is 68.8 cm³/mol. The Hall–Kier alpha value is -2.23. The summed E-state index contributed by atoms with van der Waals surface area (Å²) in [6.45, 7) is 0. The van der Waals surface area contributed by atoms with Gasteiger partial charge in [0.1, 0.15) is 5.75 Å². The average molecular weight is 262 g/mol. The highest BCUT2D eigenvalue weighted by Crippen LogP contribution is 2.28. The molecule has 98 valence electrons. The highest BCUT2D eigenvalue weighted by Gasteiger charge is 2.08. The first-order valence-corrected chi connectivity index (χ1v) is 5.67. The lowest BCUT2D eigenvalue weighted by atomic mass is 10.0. The van der Waals surface area contributed by atoms with E-state index in [9.17, 15) is 13.6 Å². The minimum absolute atomic E-state index is 0.0137. The summed E-state index contributed by atoms with van der Waals surface area (Å²) in [4.78, 5) is 10.8. The molecule has 0 radical (unpaired) electrons. The average Bonchev–Trinajstić information content (AvgIpc) is 2.46. The molecule has 0 saturated carbocycles. The molecular formula is C15H12F2O2. The van der Waals surface area contributed by atoms with Gasteiger partial charge in [-0.15, -0.1) is 0 Å². The molecule has 0 aliphatic rings. The van der Waals surface area contributed by atoms with Crippen LogP contribution in [0.3, 0.4) is 0 Å². The van der Waals surface area contributed by atoms with Crippen molar-refractivity contribution < 1.29 is 18.3 Å². The van der Waals surface area contributed by atoms with E-state index in [-0.39, 0.29) is 5.56 Å². The summed E-state index contributed by atoms with van der Waals surface area (Å²) in [7, 11) is 1.48. The van der Waals surface area contributed by atoms with Gasteiger partial charge in [0.25, 0.3) is 6.43 Å². The van der Waals surface area contributed by atoms with E-state index >= 15 is 0 Å². The number of carbonyl (C=O) groups is 1. The van der Waals surface area contributed by atoms with E-state index in [0.29, 0.717) is 17.6 Å². The molecule has 0 amide bonds. The molecule has 4 heteroatoms. The molecule has 2 nitrogen and oxygen atoms in total. The van der Waals surface area contributed by atoms with Crippen molar-refractivity contribution in [1.82, 2.24) is 0 Å². The molecule has 0 spiro atoms. The van der Waals surface area contributed by atoms with Crippen LogP contribution in [0.15, 0.2) is 42.5 Å². The summed E-state index contributed by atoms with van der Waals surface area (Å²) in [6, 6.07) is 11.1. The molecule has 0 saturated heterocycles. The minimum atomic E-state index is -2.47. The van der Waals surface area contributed by atoms with Gasteiger partial charge in [-0.2, -0.15) is 0 Å². The fourth-order valence-corrected chi connectivity index (χ4v) is 1.81. The van der Waals surface area contributed by atoms with Crippen LogP contribution in [0, 0.1) is 0 Å². The molecule has 0 N–H and O–H groups in total. The Balaban J connectivity index is 2.38. The number of hydrogen-bond donors (Lipinski definition) is 0. The fourth-order valence-electron chi connectivity index (χ4n) is 1.81. The van der Waals surface area contributed by atoms with Gasteiger partial charge >= 0.3 is 0 Å². The number of methoxy groups -OCH3 is 1. The minimum Gasteiger partial charge on any atom is -0.496 e. The molecule has 2 rings (SSSR count). The second-order valence-corrected chi connectivity index (χ2v) is 4.00. The van der Waals surface area contributed by atoms with E-state index in [1.807, 2.05) is 0 Å². The van der Waals surface area contributed by atoms with Crippen LogP contribution in [-0.4, -0.2) is 13.4 Å². The molecule has 0 bridgehead atoms. The summed E-state index contributed by atoms with van der Waals surface area (Å²) >= 11 is 0. The normalized spacial score (nSPS) is 10.5. The molecule has 2 aromatic rings. The third kappa shape index (κ3) is 2.78. The standard InChI is InChI=1S/C15H12F2O2/c1-19-14-8-12(6-7-13(14)9-18)10-2-4-11(5-3-10)15(16)17/h2-9,15H,1H3. The van der Waals surface area contributed by atoms with Gasteiger partial charge in [0.2, 0.25) is 0 Å². The molecule has 19 heavy (non-hydrogen) atoms. The van der Waals surface area contributed by atoms with Gasteiger partial charge in [-0.1, -0.05) is 30.3 Å². The van der Waals surface area contributed by atoms with Crippen molar-refractivity contribution in [3.8, 4) is 16.9 Å². The van der Waals surface area contributed by atoms with Crippen molar-refractivity contribution in [2.45, 2.75) is 6.43 Å². The largest absolute Gasteiger partial charge is 0.496 e. The fraction of sp³-hybridized carbons (Fsp3) is 0.133. The molecular weight excluding hydrogens is 250 g/mol. The quantitative estimate of drug-likeness (QED) is 0.775. The van der Waals surface area contributed by atoms with Crippen LogP contribution >= 0.6 is 0 Å². The van der Waals surface area contributed by atoms with Crippen LogP contribution in [0.2, 0.25) is 0 Å². The Morgan fingerprint density at radius 1 is 1.05 bits per heavy atom. The van der Waals surface area contributed by atoms with Gasteiger partial charge in [0, 0.05) is 5.56 Å². The van der Waals surface area contributed by atoms with Crippen molar-refractivity contribution in [2.24, 2.45) is 0 Å². The van der Waals surface area contributed by atoms with E-state index in [1.165, 1.54) is 19.2 Å². The number of rotatable bonds is 4. The highest BCUT2D eigenvalue weighted by molar-refractivity contribution is 5.81. The van der Waals surface area contributed by atoms with Crippen molar-refractivity contribution in [2.75, 3.05) is 7.11 Å². The maximum absolute atomic E-state index is 12.5. The van der Waals surface area contributed by atoms with Crippen LogP contribution in [-0.2, 0) is 0 Å². The highest BCUT2D eigenvalue weighted by atomic mass is 19.3. The summed E-state index contributed by atoms with van der Waals surface area (Å²) in [5.74, 6) is 0.463. The zero-order chi connectivity index (χ0) is 13.8. The van der Waals surface area contributed by atoms with E-state index in [1.54, 1.807) is 30.3 Å². The number of aldehydes is 1. The van der Waals surface area contributed by atoms with Gasteiger partial charge in [-0.3, -0.25) is 4.79 Å². The number of ether oxygens (including phenoxy) is 1. The van der Waals surface area contributed by atoms with E-state index in [0.717, 1.165) is 11.1 Å². The monoisotopic (exact) mass is 262 g/mol. The van der Waals surface area contributed by atoms with Gasteiger partial charge in [-0.25, -0.2) is 8.78 Å². The molecule has 0 aliphatic carbocycles. The van der Waals surface area contributed by atoms with Gasteiger partial charge in [0.05, 0.1) is 12.7 Å². The van der Waals surface area contributed by atoms with Crippen LogP contribution in [0.4, 0.5) is 8.78 Å². The molecule has 0 unspecified atom stereocenters. The van der Waals surface area contributed by atoms with Gasteiger partial charge < -0.3 is 4.74 Å². The molecule has 2 aromatic carbocycles. The second-order valence-electron chi connectivity index (χ2n) is 4.00. The van der Waals surface area contributed by atoms with Gasteiger partial charge in [0.15, 0.2) is 6.29 Å². The van der Waals surface area contributed by atoms with Crippen molar-refractivity contribution in [3.05, 3.63) is 53.6 Å². The first-order chi connectivity index (χ1) is 9.15. The third-order valence-electron chi connectivity index (χ3n) is 2.86. The van der Waals surface area contributed by atoms with Crippen molar-refractivity contribution >= 4 is 6.29 Å². The molecule has 0 aromatic heterocycles. The van der Waals surface area contributed by atoms with Crippen LogP contribution in [0.1, 0.15) is 22.3 Å². The maximum Gasteiger partial charge on any atom is 0.263 e. The summed E-state index contributed by atoms with van der Waals surface area (Å²) in [5, 5.41) is 0. The number of benzene rings is 2. The predicted octanol–water partition coefficient (Wildman–Crippen LogP) is 4.11. The molecule has 0 fully saturated rings. The Labute approximate surface area is 109 Å². The molecule has 0 heterocycles. The number of carbonyl (C=O) groups excluding carboxylic acids is 1. The van der Waals surface area contributed by atoms with Gasteiger partial charge in [-0.05, 0) is 23.3 Å². The van der Waals surface area contributed by atoms with E-state index in [4.69, 9.17) is 4.74 Å². The Morgan fingerprint density at radius 2 is 1.68 bits per heavy atom. The first-order valence-electron chi connectivity index (χ1n) is 5.67. The van der Waals surface area contributed by atoms with Crippen LogP contribution in [0.25, 0.3) is 11.1 Å². The van der Waals surface area contributed by atoms with E-state index in [2.05, 4.69) is 0 Å². The van der Waals surface area contributed by atoms with Crippen LogP contribution < -0.4 is 4.74 Å². The Bertz CT molecular complexity index is 577. The van der Waals surface area contributed by atoms with Crippen molar-refractivity contribution in [3.63, 3.8) is 0 Å². The smallest absolute Gasteiger partial charge is 0.263 e. The summed E-state index contributed by atoms with van der Waals surface area (Å²) in [6.07, 6.45) is -1.76. The molecule has 0 aliphatic heterocycles. The zero-order valence-corrected chi connectivity index (χ0v) is 10.3. The summed E-state index contributed by atoms with van der Waals surface area (Å²) in [5.41, 5.74) is 2.04. The lowest BCUT2D eigenvalue weighted by Gasteiger charge is -2.08.